The van der Waals surface area contributed by atoms with E-state index in [2.05, 4.69) is 4.98 Å². The number of thiophene rings is 1. The summed E-state index contributed by atoms with van der Waals surface area (Å²) in [6.07, 6.45) is 2.36. The Labute approximate surface area is 179 Å². The highest BCUT2D eigenvalue weighted by Gasteiger charge is 2.33. The van der Waals surface area contributed by atoms with Crippen LogP contribution in [0, 0.1) is 0 Å². The smallest absolute Gasteiger partial charge is 0.259 e. The van der Waals surface area contributed by atoms with Gasteiger partial charge in [-0.15, -0.1) is 11.3 Å². The van der Waals surface area contributed by atoms with Gasteiger partial charge in [0, 0.05) is 30.2 Å². The number of benzene rings is 1. The van der Waals surface area contributed by atoms with E-state index in [0.717, 1.165) is 10.9 Å². The normalized spacial score (nSPS) is 17.9. The number of pyridine rings is 1. The van der Waals surface area contributed by atoms with Crippen molar-refractivity contribution in [1.29, 1.82) is 0 Å². The lowest BCUT2D eigenvalue weighted by Crippen LogP contribution is -2.43. The molecule has 1 aromatic carbocycles. The molecule has 1 atom stereocenters. The molecule has 3 heterocycles. The van der Waals surface area contributed by atoms with Gasteiger partial charge < -0.3 is 10.5 Å². The molecular weight excluding hydrogens is 422 g/mol. The fourth-order valence-corrected chi connectivity index (χ4v) is 6.27. The van der Waals surface area contributed by atoms with Crippen LogP contribution < -0.4 is 5.73 Å². The van der Waals surface area contributed by atoms with Gasteiger partial charge in [-0.2, -0.15) is 4.31 Å². The molecule has 158 valence electrons. The average Bonchev–Trinajstić information content (AvgIpc) is 3.14. The second-order valence-corrected chi connectivity index (χ2v) is 10.3. The van der Waals surface area contributed by atoms with Crippen molar-refractivity contribution in [2.45, 2.75) is 18.9 Å². The standard InChI is InChI=1S/C21H23N3O4S2/c22-20(25)19-18(16-9-4-10-23-21(16)29-19)17-14-24(11-12-28-17)30(26,27)13-5-8-15-6-2-1-3-7-15/h1-4,6-7,9-10,17H,5,8,11-14H2,(H2,22,25)/t17-/m1/s1. The van der Waals surface area contributed by atoms with Crippen LogP contribution in [-0.4, -0.2) is 49.1 Å². The minimum absolute atomic E-state index is 0.0726. The molecule has 2 N–H and O–H groups in total. The maximum atomic E-state index is 12.9. The van der Waals surface area contributed by atoms with E-state index in [1.807, 2.05) is 36.4 Å². The van der Waals surface area contributed by atoms with Crippen LogP contribution in [0.2, 0.25) is 0 Å². The molecule has 1 aliphatic heterocycles. The summed E-state index contributed by atoms with van der Waals surface area (Å²) >= 11 is 1.21. The molecule has 30 heavy (non-hydrogen) atoms. The molecule has 1 amide bonds. The summed E-state index contributed by atoms with van der Waals surface area (Å²) in [5.41, 5.74) is 7.34. The molecule has 0 unspecified atom stereocenters. The first kappa shape index (κ1) is 20.9. The zero-order valence-electron chi connectivity index (χ0n) is 16.4. The summed E-state index contributed by atoms with van der Waals surface area (Å²) in [7, 11) is -3.44. The molecule has 1 aliphatic rings. The zero-order chi connectivity index (χ0) is 21.1. The highest BCUT2D eigenvalue weighted by Crippen LogP contribution is 2.37. The number of amides is 1. The Morgan fingerprint density at radius 1 is 1.23 bits per heavy atom. The lowest BCUT2D eigenvalue weighted by molar-refractivity contribution is -0.00188. The van der Waals surface area contributed by atoms with E-state index in [-0.39, 0.29) is 18.9 Å². The minimum Gasteiger partial charge on any atom is -0.371 e. The van der Waals surface area contributed by atoms with Crippen LogP contribution in [0.1, 0.15) is 33.3 Å². The van der Waals surface area contributed by atoms with Crippen molar-refractivity contribution in [2.75, 3.05) is 25.4 Å². The Bertz CT molecular complexity index is 1150. The van der Waals surface area contributed by atoms with E-state index >= 15 is 0 Å². The minimum atomic E-state index is -3.44. The number of carbonyl (C=O) groups excluding carboxylic acids is 1. The summed E-state index contributed by atoms with van der Waals surface area (Å²) in [4.78, 5) is 17.4. The molecule has 0 spiro atoms. The van der Waals surface area contributed by atoms with Gasteiger partial charge in [0.15, 0.2) is 0 Å². The molecule has 3 aromatic rings. The quantitative estimate of drug-likeness (QED) is 0.602. The van der Waals surface area contributed by atoms with E-state index in [4.69, 9.17) is 10.5 Å². The van der Waals surface area contributed by atoms with Crippen LogP contribution in [-0.2, 0) is 21.2 Å². The van der Waals surface area contributed by atoms with Gasteiger partial charge in [-0.05, 0) is 24.5 Å². The number of morpholine rings is 1. The van der Waals surface area contributed by atoms with Gasteiger partial charge >= 0.3 is 0 Å². The van der Waals surface area contributed by atoms with Crippen molar-refractivity contribution in [1.82, 2.24) is 9.29 Å². The number of sulfonamides is 1. The Kier molecular flexibility index (Phi) is 6.14. The summed E-state index contributed by atoms with van der Waals surface area (Å²) in [6.45, 7) is 0.726. The number of ether oxygens (including phenoxy) is 1. The molecule has 9 heteroatoms. The molecule has 0 bridgehead atoms. The van der Waals surface area contributed by atoms with Gasteiger partial charge in [0.05, 0.1) is 18.5 Å². The number of aryl methyl sites for hydroxylation is 1. The number of fused-ring (bicyclic) bond motifs is 1. The maximum absolute atomic E-state index is 12.9. The van der Waals surface area contributed by atoms with E-state index in [9.17, 15) is 13.2 Å². The van der Waals surface area contributed by atoms with Crippen LogP contribution in [0.5, 0.6) is 0 Å². The number of rotatable bonds is 7. The van der Waals surface area contributed by atoms with Crippen molar-refractivity contribution in [3.63, 3.8) is 0 Å². The second kappa shape index (κ2) is 8.81. The fourth-order valence-electron chi connectivity index (χ4n) is 3.74. The van der Waals surface area contributed by atoms with Gasteiger partial charge in [0.1, 0.15) is 9.71 Å². The molecule has 0 radical (unpaired) electrons. The highest BCUT2D eigenvalue weighted by atomic mass is 32.2. The van der Waals surface area contributed by atoms with E-state index in [1.165, 1.54) is 15.6 Å². The Morgan fingerprint density at radius 2 is 2.03 bits per heavy atom. The first-order chi connectivity index (χ1) is 14.5. The zero-order valence-corrected chi connectivity index (χ0v) is 18.0. The van der Waals surface area contributed by atoms with Crippen molar-refractivity contribution in [2.24, 2.45) is 5.73 Å². The van der Waals surface area contributed by atoms with Gasteiger partial charge in [-0.25, -0.2) is 13.4 Å². The van der Waals surface area contributed by atoms with Crippen molar-refractivity contribution in [3.05, 3.63) is 64.7 Å². The van der Waals surface area contributed by atoms with E-state index in [1.54, 1.807) is 12.3 Å². The topological polar surface area (TPSA) is 103 Å². The first-order valence-electron chi connectivity index (χ1n) is 9.76. The number of nitrogens with two attached hydrogens (primary N) is 1. The molecule has 1 fully saturated rings. The van der Waals surface area contributed by atoms with Crippen LogP contribution in [0.4, 0.5) is 0 Å². The predicted octanol–water partition coefficient (Wildman–Crippen LogP) is 2.73. The Hall–Kier alpha value is -2.33. The first-order valence-corrected chi connectivity index (χ1v) is 12.2. The van der Waals surface area contributed by atoms with Gasteiger partial charge in [-0.3, -0.25) is 4.79 Å². The number of hydrogen-bond acceptors (Lipinski definition) is 6. The maximum Gasteiger partial charge on any atom is 0.259 e. The summed E-state index contributed by atoms with van der Waals surface area (Å²) in [5, 5.41) is 0.782. The second-order valence-electron chi connectivity index (χ2n) is 7.19. The molecule has 0 saturated carbocycles. The number of hydrogen-bond donors (Lipinski definition) is 1. The number of primary amides is 1. The van der Waals surface area contributed by atoms with E-state index < -0.39 is 22.0 Å². The molecule has 1 saturated heterocycles. The van der Waals surface area contributed by atoms with Gasteiger partial charge in [0.25, 0.3) is 5.91 Å². The highest BCUT2D eigenvalue weighted by molar-refractivity contribution is 7.89. The van der Waals surface area contributed by atoms with Crippen molar-refractivity contribution >= 4 is 37.5 Å². The van der Waals surface area contributed by atoms with Crippen LogP contribution in [0.3, 0.4) is 0 Å². The van der Waals surface area contributed by atoms with Crippen LogP contribution >= 0.6 is 11.3 Å². The summed E-state index contributed by atoms with van der Waals surface area (Å²) in [5.74, 6) is -0.483. The fraction of sp³-hybridized carbons (Fsp3) is 0.333. The molecule has 0 aliphatic carbocycles. The third-order valence-corrected chi connectivity index (χ3v) is 8.25. The Morgan fingerprint density at radius 3 is 2.80 bits per heavy atom. The number of carbonyl (C=O) groups is 1. The molecular formula is C21H23N3O4S2. The Balaban J connectivity index is 1.51. The monoisotopic (exact) mass is 445 g/mol. The third kappa shape index (κ3) is 4.39. The molecule has 2 aromatic heterocycles. The molecule has 4 rings (SSSR count). The summed E-state index contributed by atoms with van der Waals surface area (Å²) < 4.78 is 33.2. The van der Waals surface area contributed by atoms with Crippen molar-refractivity contribution in [3.8, 4) is 0 Å². The van der Waals surface area contributed by atoms with Crippen LogP contribution in [0.25, 0.3) is 10.2 Å². The van der Waals surface area contributed by atoms with Gasteiger partial charge in [0.2, 0.25) is 10.0 Å². The lowest BCUT2D eigenvalue weighted by Gasteiger charge is -2.32. The largest absolute Gasteiger partial charge is 0.371 e. The predicted molar refractivity (Wildman–Crippen MR) is 117 cm³/mol. The average molecular weight is 446 g/mol. The SMILES string of the molecule is NC(=O)c1sc2ncccc2c1[C@H]1CN(S(=O)(=O)CCCc2ccccc2)CCO1. The molecule has 7 nitrogen and oxygen atoms in total. The number of nitrogens with zero attached hydrogens (tertiary/aromatic N) is 2. The lowest BCUT2D eigenvalue weighted by atomic mass is 10.0. The van der Waals surface area contributed by atoms with Crippen molar-refractivity contribution < 1.29 is 17.9 Å². The van der Waals surface area contributed by atoms with Gasteiger partial charge in [-0.1, -0.05) is 36.4 Å². The van der Waals surface area contributed by atoms with E-state index in [0.29, 0.717) is 34.7 Å². The van der Waals surface area contributed by atoms with Crippen LogP contribution in [0.15, 0.2) is 48.7 Å². The number of aromatic nitrogens is 1. The summed E-state index contributed by atoms with van der Waals surface area (Å²) in [6, 6.07) is 13.5. The third-order valence-electron chi connectivity index (χ3n) is 5.18.